The van der Waals surface area contributed by atoms with E-state index in [0.717, 1.165) is 24.3 Å². The molecule has 2 aromatic carbocycles. The number of hydrogen-bond acceptors (Lipinski definition) is 1. The molecule has 0 spiro atoms. The van der Waals surface area contributed by atoms with Gasteiger partial charge in [-0.15, -0.1) is 0 Å². The van der Waals surface area contributed by atoms with Crippen LogP contribution in [0.3, 0.4) is 0 Å². The smallest absolute Gasteiger partial charge is 0.194 e. The van der Waals surface area contributed by atoms with Gasteiger partial charge >= 0.3 is 0 Å². The molecule has 0 radical (unpaired) electrons. The lowest BCUT2D eigenvalue weighted by atomic mass is 9.98. The van der Waals surface area contributed by atoms with E-state index in [1.165, 1.54) is 13.1 Å². The van der Waals surface area contributed by atoms with Crippen molar-refractivity contribution < 1.29 is 22.0 Å². The van der Waals surface area contributed by atoms with Gasteiger partial charge in [-0.05, 0) is 42.4 Å². The van der Waals surface area contributed by atoms with E-state index in [4.69, 9.17) is 0 Å². The minimum absolute atomic E-state index is 0.0647. The summed E-state index contributed by atoms with van der Waals surface area (Å²) in [5.74, 6) is -6.37. The maximum absolute atomic E-state index is 13.2. The molecule has 0 amide bonds. The van der Waals surface area contributed by atoms with E-state index >= 15 is 0 Å². The summed E-state index contributed by atoms with van der Waals surface area (Å²) in [6, 6.07) is 3.91. The van der Waals surface area contributed by atoms with Gasteiger partial charge in [-0.25, -0.2) is 22.0 Å². The van der Waals surface area contributed by atoms with Crippen LogP contribution in [-0.4, -0.2) is 7.05 Å². The molecule has 1 unspecified atom stereocenters. The monoisotopic (exact) mass is 287 g/mol. The predicted octanol–water partition coefficient (Wildman–Crippen LogP) is 3.69. The van der Waals surface area contributed by atoms with Crippen molar-refractivity contribution in [3.63, 3.8) is 0 Å². The van der Waals surface area contributed by atoms with Gasteiger partial charge in [-0.2, -0.15) is 0 Å². The van der Waals surface area contributed by atoms with Gasteiger partial charge in [0.2, 0.25) is 0 Å². The van der Waals surface area contributed by atoms with Crippen LogP contribution in [0.4, 0.5) is 22.0 Å². The van der Waals surface area contributed by atoms with Crippen LogP contribution in [-0.2, 0) is 0 Å². The summed E-state index contributed by atoms with van der Waals surface area (Å²) in [7, 11) is 1.48. The molecule has 0 heterocycles. The molecule has 0 aliphatic heterocycles. The molecule has 0 aromatic heterocycles. The number of halogens is 5. The average molecular weight is 287 g/mol. The topological polar surface area (TPSA) is 12.0 Å². The molecule has 1 atom stereocenters. The highest BCUT2D eigenvalue weighted by Gasteiger charge is 2.18. The third kappa shape index (κ3) is 2.65. The van der Waals surface area contributed by atoms with Gasteiger partial charge in [-0.1, -0.05) is 6.07 Å². The minimum Gasteiger partial charge on any atom is -0.309 e. The molecule has 1 nitrogen and oxygen atoms in total. The lowest BCUT2D eigenvalue weighted by molar-refractivity contribution is 0.443. The second-order valence-corrected chi connectivity index (χ2v) is 4.19. The quantitative estimate of drug-likeness (QED) is 0.670. The number of rotatable bonds is 3. The molecule has 6 heteroatoms. The van der Waals surface area contributed by atoms with Crippen LogP contribution in [0.1, 0.15) is 17.2 Å². The average Bonchev–Trinajstić information content (AvgIpc) is 2.41. The van der Waals surface area contributed by atoms with Crippen LogP contribution in [0, 0.1) is 29.1 Å². The summed E-state index contributed by atoms with van der Waals surface area (Å²) in [6.45, 7) is 0. The Kier molecular flexibility index (Phi) is 4.04. The normalized spacial score (nSPS) is 12.5. The first-order chi connectivity index (χ1) is 9.43. The Morgan fingerprint density at radius 3 is 1.80 bits per heavy atom. The molecule has 2 aromatic rings. The molecule has 0 aliphatic rings. The summed E-state index contributed by atoms with van der Waals surface area (Å²) < 4.78 is 65.4. The van der Waals surface area contributed by atoms with E-state index in [-0.39, 0.29) is 11.1 Å². The Balaban J connectivity index is 2.49. The van der Waals surface area contributed by atoms with Crippen LogP contribution in [0.25, 0.3) is 0 Å². The van der Waals surface area contributed by atoms with E-state index in [0.29, 0.717) is 0 Å². The molecule has 0 aliphatic carbocycles. The maximum Gasteiger partial charge on any atom is 0.194 e. The summed E-state index contributed by atoms with van der Waals surface area (Å²) in [6.07, 6.45) is 0. The molecule has 1 N–H and O–H groups in total. The fourth-order valence-electron chi connectivity index (χ4n) is 1.96. The largest absolute Gasteiger partial charge is 0.309 e. The first-order valence-electron chi connectivity index (χ1n) is 5.70. The van der Waals surface area contributed by atoms with Crippen LogP contribution >= 0.6 is 0 Å². The highest BCUT2D eigenvalue weighted by atomic mass is 19.2. The molecule has 0 fully saturated rings. The SMILES string of the molecule is CNC(c1ccc(F)c(F)c1)c1cc(F)c(F)c(F)c1. The third-order valence-corrected chi connectivity index (χ3v) is 2.91. The van der Waals surface area contributed by atoms with Crippen molar-refractivity contribution in [2.24, 2.45) is 0 Å². The van der Waals surface area contributed by atoms with Gasteiger partial charge in [0.05, 0.1) is 6.04 Å². The van der Waals surface area contributed by atoms with Crippen LogP contribution in [0.2, 0.25) is 0 Å². The zero-order chi connectivity index (χ0) is 14.9. The lowest BCUT2D eigenvalue weighted by Crippen LogP contribution is -2.18. The molecular formula is C14H10F5N. The first-order valence-corrected chi connectivity index (χ1v) is 5.70. The van der Waals surface area contributed by atoms with E-state index in [1.54, 1.807) is 0 Å². The zero-order valence-corrected chi connectivity index (χ0v) is 10.4. The maximum atomic E-state index is 13.2. The standard InChI is InChI=1S/C14H10F5N/c1-20-14(7-2-3-9(15)10(16)4-7)8-5-11(17)13(19)12(18)6-8/h2-6,14,20H,1H3. The third-order valence-electron chi connectivity index (χ3n) is 2.91. The second kappa shape index (κ2) is 5.58. The Hall–Kier alpha value is -1.95. The van der Waals surface area contributed by atoms with Crippen LogP contribution < -0.4 is 5.32 Å². The highest BCUT2D eigenvalue weighted by molar-refractivity contribution is 5.33. The van der Waals surface area contributed by atoms with Crippen molar-refractivity contribution in [3.8, 4) is 0 Å². The lowest BCUT2D eigenvalue weighted by Gasteiger charge is -2.18. The number of nitrogens with one attached hydrogen (secondary N) is 1. The van der Waals surface area contributed by atoms with Gasteiger partial charge in [-0.3, -0.25) is 0 Å². The Labute approximate surface area is 112 Å². The molecule has 0 saturated heterocycles. The fourth-order valence-corrected chi connectivity index (χ4v) is 1.96. The summed E-state index contributed by atoms with van der Waals surface area (Å²) in [5, 5.41) is 2.71. The van der Waals surface area contributed by atoms with Crippen molar-refractivity contribution in [1.82, 2.24) is 5.32 Å². The number of hydrogen-bond donors (Lipinski definition) is 1. The molecule has 20 heavy (non-hydrogen) atoms. The molecule has 0 bridgehead atoms. The Bertz CT molecular complexity index is 618. The van der Waals surface area contributed by atoms with Gasteiger partial charge in [0.25, 0.3) is 0 Å². The molecular weight excluding hydrogens is 277 g/mol. The van der Waals surface area contributed by atoms with Gasteiger partial charge < -0.3 is 5.32 Å². The van der Waals surface area contributed by atoms with E-state index in [2.05, 4.69) is 5.32 Å². The van der Waals surface area contributed by atoms with Gasteiger partial charge in [0.1, 0.15) is 0 Å². The zero-order valence-electron chi connectivity index (χ0n) is 10.4. The van der Waals surface area contributed by atoms with E-state index < -0.39 is 35.1 Å². The summed E-state index contributed by atoms with van der Waals surface area (Å²) in [4.78, 5) is 0. The van der Waals surface area contributed by atoms with E-state index in [1.807, 2.05) is 0 Å². The van der Waals surface area contributed by atoms with Gasteiger partial charge in [0, 0.05) is 0 Å². The second-order valence-electron chi connectivity index (χ2n) is 4.19. The van der Waals surface area contributed by atoms with Crippen LogP contribution in [0.5, 0.6) is 0 Å². The Morgan fingerprint density at radius 2 is 1.30 bits per heavy atom. The van der Waals surface area contributed by atoms with Crippen molar-refractivity contribution in [2.45, 2.75) is 6.04 Å². The van der Waals surface area contributed by atoms with Crippen LogP contribution in [0.15, 0.2) is 30.3 Å². The fraction of sp³-hybridized carbons (Fsp3) is 0.143. The van der Waals surface area contributed by atoms with E-state index in [9.17, 15) is 22.0 Å². The molecule has 106 valence electrons. The first kappa shape index (κ1) is 14.5. The summed E-state index contributed by atoms with van der Waals surface area (Å²) >= 11 is 0. The minimum atomic E-state index is -1.58. The van der Waals surface area contributed by atoms with Gasteiger partial charge in [0.15, 0.2) is 29.1 Å². The van der Waals surface area contributed by atoms with Crippen molar-refractivity contribution >= 4 is 0 Å². The van der Waals surface area contributed by atoms with Crippen molar-refractivity contribution in [2.75, 3.05) is 7.05 Å². The predicted molar refractivity (Wildman–Crippen MR) is 63.6 cm³/mol. The molecule has 2 rings (SSSR count). The van der Waals surface area contributed by atoms with Crippen molar-refractivity contribution in [3.05, 3.63) is 70.5 Å². The molecule has 0 saturated carbocycles. The highest BCUT2D eigenvalue weighted by Crippen LogP contribution is 2.26. The summed E-state index contributed by atoms with van der Waals surface area (Å²) in [5.41, 5.74) is 0.326. The Morgan fingerprint density at radius 1 is 0.750 bits per heavy atom. The number of benzene rings is 2. The van der Waals surface area contributed by atoms with Crippen molar-refractivity contribution in [1.29, 1.82) is 0 Å².